The van der Waals surface area contributed by atoms with Crippen molar-refractivity contribution in [3.05, 3.63) is 24.3 Å². The molecule has 0 aromatic heterocycles. The van der Waals surface area contributed by atoms with Crippen LogP contribution in [0.4, 0.5) is 5.69 Å². The predicted molar refractivity (Wildman–Crippen MR) is 111 cm³/mol. The van der Waals surface area contributed by atoms with Crippen LogP contribution < -0.4 is 4.90 Å². The van der Waals surface area contributed by atoms with E-state index in [1.807, 2.05) is 0 Å². The van der Waals surface area contributed by atoms with Crippen LogP contribution in [0.3, 0.4) is 0 Å². The van der Waals surface area contributed by atoms with Crippen molar-refractivity contribution < 1.29 is 37.0 Å². The molecular weight excluding hydrogens is 428 g/mol. The van der Waals surface area contributed by atoms with Gasteiger partial charge in [-0.3, -0.25) is 9.59 Å². The smallest absolute Gasteiger partial charge is 0.351 e. The highest BCUT2D eigenvalue weighted by Gasteiger charge is 2.44. The molecule has 1 amide bonds. The number of hydrogen-bond donors (Lipinski definition) is 0. The Hall–Kier alpha value is -2.50. The maximum absolute atomic E-state index is 13.1. The van der Waals surface area contributed by atoms with E-state index in [1.54, 1.807) is 20.8 Å². The average Bonchev–Trinajstić information content (AvgIpc) is 2.65. The minimum Gasteiger partial charge on any atom is -0.457 e. The Balaban J connectivity index is 2.30. The van der Waals surface area contributed by atoms with E-state index in [0.29, 0.717) is 5.69 Å². The van der Waals surface area contributed by atoms with Crippen molar-refractivity contribution in [2.45, 2.75) is 50.4 Å². The summed E-state index contributed by atoms with van der Waals surface area (Å²) in [6.07, 6.45) is -2.96. The fraction of sp³-hybridized carbons (Fsp3) is 0.550. The van der Waals surface area contributed by atoms with Crippen LogP contribution in [-0.4, -0.2) is 75.6 Å². The van der Waals surface area contributed by atoms with Crippen molar-refractivity contribution in [2.75, 3.05) is 32.1 Å². The number of amides is 1. The number of rotatable bonds is 6. The minimum absolute atomic E-state index is 0.0741. The zero-order valence-electron chi connectivity index (χ0n) is 18.4. The van der Waals surface area contributed by atoms with Gasteiger partial charge in [0.25, 0.3) is 5.91 Å². The molecule has 1 saturated heterocycles. The van der Waals surface area contributed by atoms with Crippen LogP contribution in [0, 0.1) is 0 Å². The van der Waals surface area contributed by atoms with Gasteiger partial charge < -0.3 is 19.1 Å². The Morgan fingerprint density at radius 1 is 1.19 bits per heavy atom. The molecule has 0 radical (unpaired) electrons. The summed E-state index contributed by atoms with van der Waals surface area (Å²) in [5, 5.41) is 0. The number of hydrogen-bond acceptors (Lipinski definition) is 8. The first kappa shape index (κ1) is 24.8. The molecule has 0 aliphatic carbocycles. The van der Waals surface area contributed by atoms with E-state index in [1.165, 1.54) is 43.3 Å². The van der Waals surface area contributed by atoms with E-state index >= 15 is 0 Å². The molecule has 31 heavy (non-hydrogen) atoms. The van der Waals surface area contributed by atoms with Gasteiger partial charge in [-0.1, -0.05) is 0 Å². The predicted octanol–water partition coefficient (Wildman–Crippen LogP) is 0.942. The van der Waals surface area contributed by atoms with Gasteiger partial charge in [-0.25, -0.2) is 17.5 Å². The summed E-state index contributed by atoms with van der Waals surface area (Å²) in [6, 6.07) is 5.76. The molecule has 11 heteroatoms. The second-order valence-corrected chi connectivity index (χ2v) is 10.3. The molecule has 1 fully saturated rings. The van der Waals surface area contributed by atoms with Crippen LogP contribution in [0.25, 0.3) is 0 Å². The van der Waals surface area contributed by atoms with Gasteiger partial charge in [0, 0.05) is 33.3 Å². The molecule has 1 aliphatic rings. The van der Waals surface area contributed by atoms with Crippen LogP contribution >= 0.6 is 0 Å². The third kappa shape index (κ3) is 6.02. The Morgan fingerprint density at radius 3 is 2.26 bits per heavy atom. The van der Waals surface area contributed by atoms with E-state index in [9.17, 15) is 22.8 Å². The number of benzene rings is 1. The molecule has 0 N–H and O–H groups in total. The van der Waals surface area contributed by atoms with Gasteiger partial charge >= 0.3 is 11.9 Å². The van der Waals surface area contributed by atoms with Crippen molar-refractivity contribution in [1.82, 2.24) is 4.31 Å². The first-order valence-corrected chi connectivity index (χ1v) is 11.0. The number of sulfonamides is 1. The number of carbonyl (C=O) groups excluding carboxylic acids is 3. The van der Waals surface area contributed by atoms with Gasteiger partial charge in [0.05, 0.1) is 11.5 Å². The minimum atomic E-state index is -3.62. The highest BCUT2D eigenvalue weighted by molar-refractivity contribution is 7.89. The van der Waals surface area contributed by atoms with Crippen LogP contribution in [0.15, 0.2) is 29.2 Å². The summed E-state index contributed by atoms with van der Waals surface area (Å²) in [5.74, 6) is -2.26. The number of esters is 2. The highest BCUT2D eigenvalue weighted by atomic mass is 32.2. The van der Waals surface area contributed by atoms with Gasteiger partial charge in [-0.05, 0) is 45.0 Å². The first-order chi connectivity index (χ1) is 14.2. The fourth-order valence-corrected chi connectivity index (χ4v) is 3.76. The SMILES string of the molecule is CC(=O)O[C@@H](C(=O)OC(C)(C)C)[C@H]1OCCN(c2ccc(S(=O)(=O)N(C)C)cc2)C1=O. The van der Waals surface area contributed by atoms with Gasteiger partial charge in [0.2, 0.25) is 16.1 Å². The van der Waals surface area contributed by atoms with Crippen molar-refractivity contribution in [3.63, 3.8) is 0 Å². The summed E-state index contributed by atoms with van der Waals surface area (Å²) < 4.78 is 41.4. The standard InChI is InChI=1S/C20H28N2O8S/c1-13(23)29-17(19(25)30-20(2,3)4)16-18(24)22(11-12-28-16)14-7-9-15(10-8-14)31(26,27)21(5)6/h7-10,16-17H,11-12H2,1-6H3/t16-,17-/m1/s1. The quantitative estimate of drug-likeness (QED) is 0.580. The number of ether oxygens (including phenoxy) is 3. The monoisotopic (exact) mass is 456 g/mol. The maximum atomic E-state index is 13.1. The number of nitrogens with zero attached hydrogens (tertiary/aromatic N) is 2. The Kier molecular flexibility index (Phi) is 7.45. The number of carbonyl (C=O) groups is 3. The lowest BCUT2D eigenvalue weighted by molar-refractivity contribution is -0.188. The summed E-state index contributed by atoms with van der Waals surface area (Å²) in [5.41, 5.74) is -0.442. The molecule has 0 saturated carbocycles. The number of anilines is 1. The lowest BCUT2D eigenvalue weighted by Gasteiger charge is -2.35. The molecule has 0 spiro atoms. The Labute approximate surface area is 182 Å². The van der Waals surface area contributed by atoms with Crippen molar-refractivity contribution in [1.29, 1.82) is 0 Å². The third-order valence-electron chi connectivity index (χ3n) is 4.26. The molecule has 172 valence electrons. The molecule has 2 atom stereocenters. The zero-order valence-corrected chi connectivity index (χ0v) is 19.3. The van der Waals surface area contributed by atoms with Crippen molar-refractivity contribution in [2.24, 2.45) is 0 Å². The van der Waals surface area contributed by atoms with Crippen LogP contribution in [0.5, 0.6) is 0 Å². The van der Waals surface area contributed by atoms with E-state index in [-0.39, 0.29) is 18.0 Å². The molecule has 1 heterocycles. The molecule has 0 bridgehead atoms. The lowest BCUT2D eigenvalue weighted by atomic mass is 10.1. The normalized spacial score (nSPS) is 18.6. The summed E-state index contributed by atoms with van der Waals surface area (Å²) in [7, 11) is -0.774. The first-order valence-electron chi connectivity index (χ1n) is 9.59. The molecule has 0 unspecified atom stereocenters. The molecular formula is C20H28N2O8S. The fourth-order valence-electron chi connectivity index (χ4n) is 2.86. The van der Waals surface area contributed by atoms with E-state index < -0.39 is 45.7 Å². The zero-order chi connectivity index (χ0) is 23.6. The van der Waals surface area contributed by atoms with E-state index in [2.05, 4.69) is 0 Å². The summed E-state index contributed by atoms with van der Waals surface area (Å²) >= 11 is 0. The van der Waals surface area contributed by atoms with E-state index in [0.717, 1.165) is 11.2 Å². The Bertz CT molecular complexity index is 935. The lowest BCUT2D eigenvalue weighted by Crippen LogP contribution is -2.56. The largest absolute Gasteiger partial charge is 0.457 e. The summed E-state index contributed by atoms with van der Waals surface area (Å²) in [4.78, 5) is 38.6. The highest BCUT2D eigenvalue weighted by Crippen LogP contribution is 2.25. The third-order valence-corrected chi connectivity index (χ3v) is 6.09. The molecule has 1 aromatic rings. The molecule has 10 nitrogen and oxygen atoms in total. The van der Waals surface area contributed by atoms with Gasteiger partial charge in [-0.2, -0.15) is 0 Å². The van der Waals surface area contributed by atoms with Gasteiger partial charge in [0.1, 0.15) is 5.60 Å². The molecule has 1 aliphatic heterocycles. The van der Waals surface area contributed by atoms with Crippen LogP contribution in [0.2, 0.25) is 0 Å². The van der Waals surface area contributed by atoms with Crippen LogP contribution in [-0.2, 0) is 38.6 Å². The van der Waals surface area contributed by atoms with Gasteiger partial charge in [-0.15, -0.1) is 0 Å². The average molecular weight is 457 g/mol. The summed E-state index contributed by atoms with van der Waals surface area (Å²) in [6.45, 7) is 6.32. The topological polar surface area (TPSA) is 120 Å². The number of morpholine rings is 1. The van der Waals surface area contributed by atoms with E-state index in [4.69, 9.17) is 14.2 Å². The second-order valence-electron chi connectivity index (χ2n) is 8.13. The van der Waals surface area contributed by atoms with Crippen molar-refractivity contribution in [3.8, 4) is 0 Å². The maximum Gasteiger partial charge on any atom is 0.351 e. The molecule has 2 rings (SSSR count). The second kappa shape index (κ2) is 9.33. The van der Waals surface area contributed by atoms with Crippen molar-refractivity contribution >= 4 is 33.6 Å². The Morgan fingerprint density at radius 2 is 1.77 bits per heavy atom. The van der Waals surface area contributed by atoms with Gasteiger partial charge in [0.15, 0.2) is 6.10 Å². The molecule has 1 aromatic carbocycles. The van der Waals surface area contributed by atoms with Crippen LogP contribution in [0.1, 0.15) is 27.7 Å².